The predicted molar refractivity (Wildman–Crippen MR) is 90.4 cm³/mol. The number of ether oxygens (including phenoxy) is 1. The number of carbonyl (C=O) groups excluding carboxylic acids is 2. The Hall–Kier alpha value is -2.82. The molecule has 0 bridgehead atoms. The molecule has 2 aromatic carbocycles. The van der Waals surface area contributed by atoms with E-state index < -0.39 is 0 Å². The van der Waals surface area contributed by atoms with E-state index in [0.717, 1.165) is 23.4 Å². The van der Waals surface area contributed by atoms with E-state index >= 15 is 0 Å². The van der Waals surface area contributed by atoms with Crippen LogP contribution < -0.4 is 15.4 Å². The topological polar surface area (TPSA) is 67.4 Å². The number of carbonyl (C=O) groups is 2. The van der Waals surface area contributed by atoms with Crippen LogP contribution in [0.2, 0.25) is 0 Å². The Morgan fingerprint density at radius 1 is 1.21 bits per heavy atom. The highest BCUT2D eigenvalue weighted by Crippen LogP contribution is 2.41. The van der Waals surface area contributed by atoms with Crippen LogP contribution in [-0.2, 0) is 11.2 Å². The number of benzene rings is 2. The second kappa shape index (κ2) is 5.67. The molecule has 122 valence electrons. The highest BCUT2D eigenvalue weighted by Gasteiger charge is 2.40. The molecule has 5 heteroatoms. The standard InChI is InChI=1S/C19H18N2O3/c1-24-12-7-5-11(6-8-12)14-9-17(14)21-19(23)13-3-2-4-16-15(13)10-18(22)20-16/h2-8,14,17H,9-10H2,1H3,(H,20,22)(H,21,23)/t14-,17+/m0/s1. The van der Waals surface area contributed by atoms with Crippen molar-refractivity contribution in [2.24, 2.45) is 0 Å². The van der Waals surface area contributed by atoms with Gasteiger partial charge in [0.25, 0.3) is 5.91 Å². The van der Waals surface area contributed by atoms with Crippen molar-refractivity contribution in [3.05, 3.63) is 59.2 Å². The number of rotatable bonds is 4. The fourth-order valence-electron chi connectivity index (χ4n) is 3.28. The van der Waals surface area contributed by atoms with E-state index in [9.17, 15) is 9.59 Å². The van der Waals surface area contributed by atoms with Gasteiger partial charge in [0.1, 0.15) is 5.75 Å². The van der Waals surface area contributed by atoms with Gasteiger partial charge in [0.15, 0.2) is 0 Å². The van der Waals surface area contributed by atoms with Crippen molar-refractivity contribution in [2.75, 3.05) is 12.4 Å². The lowest BCUT2D eigenvalue weighted by molar-refractivity contribution is -0.115. The molecule has 0 spiro atoms. The Bertz CT molecular complexity index is 814. The third-order valence-electron chi connectivity index (χ3n) is 4.68. The van der Waals surface area contributed by atoms with Crippen molar-refractivity contribution < 1.29 is 14.3 Å². The van der Waals surface area contributed by atoms with Crippen LogP contribution in [0.3, 0.4) is 0 Å². The van der Waals surface area contributed by atoms with Crippen molar-refractivity contribution >= 4 is 17.5 Å². The summed E-state index contributed by atoms with van der Waals surface area (Å²) in [6.45, 7) is 0. The number of anilines is 1. The lowest BCUT2D eigenvalue weighted by atomic mass is 10.0. The molecule has 2 atom stereocenters. The van der Waals surface area contributed by atoms with E-state index in [1.165, 1.54) is 5.56 Å². The third-order valence-corrected chi connectivity index (χ3v) is 4.68. The fraction of sp³-hybridized carbons (Fsp3) is 0.263. The van der Waals surface area contributed by atoms with Crippen molar-refractivity contribution in [1.82, 2.24) is 5.32 Å². The van der Waals surface area contributed by atoms with Crippen LogP contribution in [0.1, 0.15) is 33.8 Å². The van der Waals surface area contributed by atoms with E-state index in [-0.39, 0.29) is 24.3 Å². The normalized spacial score (nSPS) is 21.0. The van der Waals surface area contributed by atoms with Crippen LogP contribution in [0.25, 0.3) is 0 Å². The Morgan fingerprint density at radius 3 is 2.75 bits per heavy atom. The first kappa shape index (κ1) is 14.8. The van der Waals surface area contributed by atoms with E-state index in [2.05, 4.69) is 10.6 Å². The summed E-state index contributed by atoms with van der Waals surface area (Å²) >= 11 is 0. The molecule has 24 heavy (non-hydrogen) atoms. The number of fused-ring (bicyclic) bond motifs is 1. The Kier molecular flexibility index (Phi) is 3.49. The summed E-state index contributed by atoms with van der Waals surface area (Å²) in [6.07, 6.45) is 1.20. The number of hydrogen-bond donors (Lipinski definition) is 2. The molecule has 1 saturated carbocycles. The van der Waals surface area contributed by atoms with Gasteiger partial charge in [0.05, 0.1) is 13.5 Å². The van der Waals surface area contributed by atoms with Crippen LogP contribution in [0.4, 0.5) is 5.69 Å². The summed E-state index contributed by atoms with van der Waals surface area (Å²) in [5, 5.41) is 5.86. The van der Waals surface area contributed by atoms with Gasteiger partial charge in [-0.2, -0.15) is 0 Å². The van der Waals surface area contributed by atoms with Crippen LogP contribution in [0, 0.1) is 0 Å². The van der Waals surface area contributed by atoms with Crippen LogP contribution in [0.5, 0.6) is 5.75 Å². The first-order valence-electron chi connectivity index (χ1n) is 8.02. The number of amides is 2. The maximum atomic E-state index is 12.6. The minimum Gasteiger partial charge on any atom is -0.497 e. The first-order chi connectivity index (χ1) is 11.7. The second-order valence-corrected chi connectivity index (χ2v) is 6.25. The monoisotopic (exact) mass is 322 g/mol. The quantitative estimate of drug-likeness (QED) is 0.909. The minimum absolute atomic E-state index is 0.0622. The molecule has 5 nitrogen and oxygen atoms in total. The fourth-order valence-corrected chi connectivity index (χ4v) is 3.28. The molecular formula is C19H18N2O3. The summed E-state index contributed by atoms with van der Waals surface area (Å²) in [5.74, 6) is 1.01. The lowest BCUT2D eigenvalue weighted by Gasteiger charge is -2.09. The van der Waals surface area contributed by atoms with Gasteiger partial charge >= 0.3 is 0 Å². The van der Waals surface area contributed by atoms with Gasteiger partial charge in [0, 0.05) is 23.2 Å². The molecular weight excluding hydrogens is 304 g/mol. The minimum atomic E-state index is -0.107. The zero-order valence-electron chi connectivity index (χ0n) is 13.3. The summed E-state index contributed by atoms with van der Waals surface area (Å²) in [7, 11) is 1.65. The molecule has 0 unspecified atom stereocenters. The Balaban J connectivity index is 1.45. The van der Waals surface area contributed by atoms with Gasteiger partial charge in [-0.05, 0) is 41.8 Å². The van der Waals surface area contributed by atoms with E-state index in [1.807, 2.05) is 30.3 Å². The van der Waals surface area contributed by atoms with E-state index in [4.69, 9.17) is 4.74 Å². The number of nitrogens with one attached hydrogen (secondary N) is 2. The summed E-state index contributed by atoms with van der Waals surface area (Å²) in [4.78, 5) is 24.1. The van der Waals surface area contributed by atoms with Crippen LogP contribution >= 0.6 is 0 Å². The van der Waals surface area contributed by atoms with E-state index in [1.54, 1.807) is 19.2 Å². The molecule has 0 aromatic heterocycles. The lowest BCUT2D eigenvalue weighted by Crippen LogP contribution is -2.27. The van der Waals surface area contributed by atoms with Crippen molar-refractivity contribution in [1.29, 1.82) is 0 Å². The van der Waals surface area contributed by atoms with Gasteiger partial charge in [-0.15, -0.1) is 0 Å². The maximum Gasteiger partial charge on any atom is 0.251 e. The van der Waals surface area contributed by atoms with Crippen molar-refractivity contribution in [2.45, 2.75) is 24.8 Å². The van der Waals surface area contributed by atoms with Gasteiger partial charge < -0.3 is 15.4 Å². The molecule has 0 radical (unpaired) electrons. The molecule has 1 aliphatic carbocycles. The number of hydrogen-bond acceptors (Lipinski definition) is 3. The van der Waals surface area contributed by atoms with Gasteiger partial charge in [-0.25, -0.2) is 0 Å². The zero-order chi connectivity index (χ0) is 16.7. The summed E-state index contributed by atoms with van der Waals surface area (Å²) in [6, 6.07) is 13.5. The highest BCUT2D eigenvalue weighted by atomic mass is 16.5. The van der Waals surface area contributed by atoms with Gasteiger partial charge in [-0.1, -0.05) is 18.2 Å². The Labute approximate surface area is 140 Å². The first-order valence-corrected chi connectivity index (χ1v) is 8.02. The molecule has 2 N–H and O–H groups in total. The predicted octanol–water partition coefficient (Wildman–Crippen LogP) is 2.48. The molecule has 2 aliphatic rings. The van der Waals surface area contributed by atoms with Crippen molar-refractivity contribution in [3.63, 3.8) is 0 Å². The van der Waals surface area contributed by atoms with Gasteiger partial charge in [0.2, 0.25) is 5.91 Å². The zero-order valence-corrected chi connectivity index (χ0v) is 13.3. The SMILES string of the molecule is COc1ccc([C@@H]2C[C@H]2NC(=O)c2cccc3c2CC(=O)N3)cc1. The second-order valence-electron chi connectivity index (χ2n) is 6.25. The van der Waals surface area contributed by atoms with Crippen LogP contribution in [-0.4, -0.2) is 25.0 Å². The molecule has 1 aliphatic heterocycles. The maximum absolute atomic E-state index is 12.6. The molecule has 1 fully saturated rings. The van der Waals surface area contributed by atoms with Crippen LogP contribution in [0.15, 0.2) is 42.5 Å². The largest absolute Gasteiger partial charge is 0.497 e. The van der Waals surface area contributed by atoms with Gasteiger partial charge in [-0.3, -0.25) is 9.59 Å². The number of methoxy groups -OCH3 is 1. The summed E-state index contributed by atoms with van der Waals surface area (Å²) < 4.78 is 5.17. The highest BCUT2D eigenvalue weighted by molar-refractivity contribution is 6.05. The average Bonchev–Trinajstić information content (AvgIpc) is 3.24. The molecule has 2 aromatic rings. The average molecular weight is 322 g/mol. The molecule has 4 rings (SSSR count). The molecule has 0 saturated heterocycles. The Morgan fingerprint density at radius 2 is 2.00 bits per heavy atom. The van der Waals surface area contributed by atoms with Crippen molar-refractivity contribution in [3.8, 4) is 5.75 Å². The summed E-state index contributed by atoms with van der Waals surface area (Å²) in [5.41, 5.74) is 3.33. The molecule has 2 amide bonds. The third kappa shape index (κ3) is 2.62. The molecule has 1 heterocycles. The van der Waals surface area contributed by atoms with E-state index in [0.29, 0.717) is 11.5 Å². The smallest absolute Gasteiger partial charge is 0.251 e.